The summed E-state index contributed by atoms with van der Waals surface area (Å²) in [5.41, 5.74) is 1.05. The molecule has 1 aliphatic heterocycles. The van der Waals surface area contributed by atoms with E-state index in [2.05, 4.69) is 10.6 Å². The van der Waals surface area contributed by atoms with E-state index in [9.17, 15) is 14.4 Å². The lowest BCUT2D eigenvalue weighted by molar-refractivity contribution is -0.130. The van der Waals surface area contributed by atoms with E-state index >= 15 is 0 Å². The van der Waals surface area contributed by atoms with Crippen molar-refractivity contribution in [2.24, 2.45) is 0 Å². The number of alkyl halides is 2. The van der Waals surface area contributed by atoms with Gasteiger partial charge < -0.3 is 15.5 Å². The Bertz CT molecular complexity index is 629. The molecule has 1 heterocycles. The largest absolute Gasteiger partial charge is 0.349 e. The Kier molecular flexibility index (Phi) is 6.45. The molecular weight excluding hydrogens is 353 g/mol. The van der Waals surface area contributed by atoms with E-state index < -0.39 is 4.84 Å². The lowest BCUT2D eigenvalue weighted by atomic mass is 10.0. The number of halogens is 2. The molecule has 0 bridgehead atoms. The first kappa shape index (κ1) is 18.5. The van der Waals surface area contributed by atoms with E-state index in [0.29, 0.717) is 37.2 Å². The van der Waals surface area contributed by atoms with Gasteiger partial charge in [0.05, 0.1) is 0 Å². The molecule has 0 atom stereocenters. The SMILES string of the molecule is CC(=O)Nc1cccc(C(=O)NC2CCN(C(=O)C(Cl)Cl)CC2)c1. The van der Waals surface area contributed by atoms with Crippen molar-refractivity contribution in [1.29, 1.82) is 0 Å². The number of amides is 3. The molecule has 1 aliphatic rings. The number of nitrogens with one attached hydrogen (secondary N) is 2. The summed E-state index contributed by atoms with van der Waals surface area (Å²) in [5.74, 6) is -0.702. The van der Waals surface area contributed by atoms with Crippen LogP contribution in [0.4, 0.5) is 5.69 Å². The molecule has 0 spiro atoms. The van der Waals surface area contributed by atoms with E-state index in [0.717, 1.165) is 0 Å². The molecule has 6 nitrogen and oxygen atoms in total. The summed E-state index contributed by atoms with van der Waals surface area (Å²) in [6.45, 7) is 2.42. The van der Waals surface area contributed by atoms with Gasteiger partial charge in [-0.3, -0.25) is 14.4 Å². The van der Waals surface area contributed by atoms with Crippen molar-refractivity contribution in [3.63, 3.8) is 0 Å². The lowest BCUT2D eigenvalue weighted by Crippen LogP contribution is -2.47. The zero-order valence-corrected chi connectivity index (χ0v) is 14.7. The van der Waals surface area contributed by atoms with Gasteiger partial charge in [0.1, 0.15) is 0 Å². The second-order valence-electron chi connectivity index (χ2n) is 5.64. The Balaban J connectivity index is 1.90. The Morgan fingerprint density at radius 1 is 1.21 bits per heavy atom. The number of hydrogen-bond acceptors (Lipinski definition) is 3. The molecule has 2 rings (SSSR count). The van der Waals surface area contributed by atoms with E-state index in [4.69, 9.17) is 23.2 Å². The summed E-state index contributed by atoms with van der Waals surface area (Å²) >= 11 is 11.2. The van der Waals surface area contributed by atoms with Gasteiger partial charge in [0.2, 0.25) is 5.91 Å². The molecule has 0 saturated carbocycles. The number of likely N-dealkylation sites (tertiary alicyclic amines) is 1. The van der Waals surface area contributed by atoms with Gasteiger partial charge >= 0.3 is 0 Å². The number of hydrogen-bond donors (Lipinski definition) is 2. The molecule has 2 N–H and O–H groups in total. The van der Waals surface area contributed by atoms with Crippen LogP contribution >= 0.6 is 23.2 Å². The van der Waals surface area contributed by atoms with Crippen LogP contribution in [-0.4, -0.2) is 46.6 Å². The number of benzene rings is 1. The molecule has 8 heteroatoms. The minimum absolute atomic E-state index is 0.0185. The number of carbonyl (C=O) groups excluding carboxylic acids is 3. The smallest absolute Gasteiger partial charge is 0.255 e. The monoisotopic (exact) mass is 371 g/mol. The van der Waals surface area contributed by atoms with E-state index in [1.807, 2.05) is 0 Å². The van der Waals surface area contributed by atoms with Crippen molar-refractivity contribution < 1.29 is 14.4 Å². The highest BCUT2D eigenvalue weighted by Crippen LogP contribution is 2.16. The highest BCUT2D eigenvalue weighted by molar-refractivity contribution is 6.53. The van der Waals surface area contributed by atoms with Gasteiger partial charge in [-0.2, -0.15) is 0 Å². The molecule has 0 aliphatic carbocycles. The van der Waals surface area contributed by atoms with E-state index in [1.165, 1.54) is 6.92 Å². The zero-order chi connectivity index (χ0) is 17.7. The third-order valence-electron chi connectivity index (χ3n) is 3.77. The molecule has 24 heavy (non-hydrogen) atoms. The molecule has 1 aromatic carbocycles. The fourth-order valence-corrected chi connectivity index (χ4v) is 2.87. The van der Waals surface area contributed by atoms with Gasteiger partial charge in [-0.1, -0.05) is 29.3 Å². The Morgan fingerprint density at radius 3 is 2.46 bits per heavy atom. The van der Waals surface area contributed by atoms with Crippen LogP contribution in [0.3, 0.4) is 0 Å². The Labute approximate surface area is 150 Å². The highest BCUT2D eigenvalue weighted by atomic mass is 35.5. The summed E-state index contributed by atoms with van der Waals surface area (Å²) in [7, 11) is 0. The third-order valence-corrected chi connectivity index (χ3v) is 4.15. The molecule has 0 radical (unpaired) electrons. The minimum Gasteiger partial charge on any atom is -0.349 e. The van der Waals surface area contributed by atoms with Crippen LogP contribution in [0.15, 0.2) is 24.3 Å². The number of carbonyl (C=O) groups is 3. The first-order chi connectivity index (χ1) is 11.4. The molecule has 1 fully saturated rings. The van der Waals surface area contributed by atoms with Crippen molar-refractivity contribution >= 4 is 46.6 Å². The predicted octanol–water partition coefficient (Wildman–Crippen LogP) is 2.17. The van der Waals surface area contributed by atoms with Gasteiger partial charge in [0.15, 0.2) is 4.84 Å². The maximum Gasteiger partial charge on any atom is 0.255 e. The molecule has 0 aromatic heterocycles. The van der Waals surface area contributed by atoms with Crippen LogP contribution in [-0.2, 0) is 9.59 Å². The maximum absolute atomic E-state index is 12.3. The van der Waals surface area contributed by atoms with Gasteiger partial charge in [0, 0.05) is 37.3 Å². The third kappa shape index (κ3) is 5.11. The second-order valence-corrected chi connectivity index (χ2v) is 6.73. The van der Waals surface area contributed by atoms with Crippen LogP contribution in [0.1, 0.15) is 30.1 Å². The number of nitrogens with zero attached hydrogens (tertiary/aromatic N) is 1. The number of rotatable bonds is 4. The quantitative estimate of drug-likeness (QED) is 0.796. The van der Waals surface area contributed by atoms with Crippen molar-refractivity contribution in [2.75, 3.05) is 18.4 Å². The first-order valence-corrected chi connectivity index (χ1v) is 8.49. The highest BCUT2D eigenvalue weighted by Gasteiger charge is 2.26. The van der Waals surface area contributed by atoms with E-state index in [-0.39, 0.29) is 23.8 Å². The topological polar surface area (TPSA) is 78.5 Å². The molecular formula is C16H19Cl2N3O3. The summed E-state index contributed by atoms with van der Waals surface area (Å²) in [4.78, 5) is 35.7. The minimum atomic E-state index is -1.05. The van der Waals surface area contributed by atoms with Crippen LogP contribution in [0.5, 0.6) is 0 Å². The van der Waals surface area contributed by atoms with Crippen molar-refractivity contribution in [3.8, 4) is 0 Å². The summed E-state index contributed by atoms with van der Waals surface area (Å²) < 4.78 is 0. The van der Waals surface area contributed by atoms with Crippen molar-refractivity contribution in [2.45, 2.75) is 30.6 Å². The molecule has 0 unspecified atom stereocenters. The van der Waals surface area contributed by atoms with E-state index in [1.54, 1.807) is 29.2 Å². The average Bonchev–Trinajstić information content (AvgIpc) is 2.54. The van der Waals surface area contributed by atoms with Crippen LogP contribution in [0.2, 0.25) is 0 Å². The fraction of sp³-hybridized carbons (Fsp3) is 0.438. The molecule has 1 aromatic rings. The van der Waals surface area contributed by atoms with Gasteiger partial charge in [-0.15, -0.1) is 0 Å². The standard InChI is InChI=1S/C16H19Cl2N3O3/c1-10(22)19-13-4-2-3-11(9-13)15(23)20-12-5-7-21(8-6-12)16(24)14(17)18/h2-4,9,12,14H,5-8H2,1H3,(H,19,22)(H,20,23). The zero-order valence-electron chi connectivity index (χ0n) is 13.2. The number of anilines is 1. The Hall–Kier alpha value is -1.79. The fourth-order valence-electron chi connectivity index (χ4n) is 2.59. The van der Waals surface area contributed by atoms with Crippen LogP contribution in [0.25, 0.3) is 0 Å². The average molecular weight is 372 g/mol. The normalized spacial score (nSPS) is 15.2. The molecule has 130 valence electrons. The lowest BCUT2D eigenvalue weighted by Gasteiger charge is -2.32. The van der Waals surface area contributed by atoms with Gasteiger partial charge in [-0.25, -0.2) is 0 Å². The maximum atomic E-state index is 12.3. The van der Waals surface area contributed by atoms with Crippen LogP contribution in [0, 0.1) is 0 Å². The summed E-state index contributed by atoms with van der Waals surface area (Å²) in [5, 5.41) is 5.59. The summed E-state index contributed by atoms with van der Waals surface area (Å²) in [6, 6.07) is 6.72. The van der Waals surface area contributed by atoms with Gasteiger partial charge in [-0.05, 0) is 31.0 Å². The second kappa shape index (κ2) is 8.35. The number of piperidine rings is 1. The van der Waals surface area contributed by atoms with Gasteiger partial charge in [0.25, 0.3) is 11.8 Å². The predicted molar refractivity (Wildman–Crippen MR) is 93.3 cm³/mol. The first-order valence-electron chi connectivity index (χ1n) is 7.62. The molecule has 1 saturated heterocycles. The Morgan fingerprint density at radius 2 is 1.88 bits per heavy atom. The summed E-state index contributed by atoms with van der Waals surface area (Å²) in [6.07, 6.45) is 1.28. The van der Waals surface area contributed by atoms with Crippen molar-refractivity contribution in [1.82, 2.24) is 10.2 Å². The van der Waals surface area contributed by atoms with Crippen LogP contribution < -0.4 is 10.6 Å². The molecule has 3 amide bonds. The van der Waals surface area contributed by atoms with Crippen molar-refractivity contribution in [3.05, 3.63) is 29.8 Å².